The molecule has 0 fully saturated rings. The fraction of sp³-hybridized carbons (Fsp3) is 0.200. The first-order valence-electron chi connectivity index (χ1n) is 6.25. The molecule has 0 aliphatic carbocycles. The number of sulfone groups is 1. The first kappa shape index (κ1) is 15.4. The van der Waals surface area contributed by atoms with Crippen LogP contribution in [-0.2, 0) is 15.8 Å². The minimum Gasteiger partial charge on any atom is -0.399 e. The van der Waals surface area contributed by atoms with E-state index < -0.39 is 21.5 Å². The topological polar surface area (TPSA) is 60.2 Å². The number of benzene rings is 2. The molecule has 2 N–H and O–H groups in total. The Balaban J connectivity index is 2.40. The maximum absolute atomic E-state index is 14.2. The number of rotatable bonds is 4. The number of nitrogen functional groups attached to an aromatic ring is 1. The highest BCUT2D eigenvalue weighted by Crippen LogP contribution is 2.32. The minimum absolute atomic E-state index is 0.155. The van der Waals surface area contributed by atoms with Gasteiger partial charge in [0.15, 0.2) is 9.84 Å². The van der Waals surface area contributed by atoms with Gasteiger partial charge in [0.05, 0.1) is 4.90 Å². The summed E-state index contributed by atoms with van der Waals surface area (Å²) in [5.41, 5.74) is 5.84. The lowest BCUT2D eigenvalue weighted by Gasteiger charge is -2.17. The Labute approximate surface area is 122 Å². The summed E-state index contributed by atoms with van der Waals surface area (Å²) in [5.74, 6) is -4.74. The number of nitrogens with two attached hydrogens (primary N) is 1. The molecule has 0 aliphatic heterocycles. The number of hydrogen-bond donors (Lipinski definition) is 1. The van der Waals surface area contributed by atoms with Gasteiger partial charge >= 0.3 is 0 Å². The standard InChI is InChI=1S/C15H15F2NO2S/c1-11-7-8-13(18)9-14(11)21(19,20)10-15(16,17)12-5-3-2-4-6-12/h2-9H,10,18H2,1H3. The lowest BCUT2D eigenvalue weighted by atomic mass is 10.1. The molecule has 0 saturated heterocycles. The molecule has 2 rings (SSSR count). The highest BCUT2D eigenvalue weighted by molar-refractivity contribution is 7.91. The third kappa shape index (κ3) is 3.39. The molecule has 0 amide bonds. The van der Waals surface area contributed by atoms with Gasteiger partial charge in [-0.1, -0.05) is 36.4 Å². The molecule has 0 heterocycles. The smallest absolute Gasteiger partial charge is 0.287 e. The number of halogens is 2. The molecule has 0 spiro atoms. The zero-order valence-electron chi connectivity index (χ0n) is 11.4. The molecule has 0 radical (unpaired) electrons. The molecule has 112 valence electrons. The molecule has 0 aliphatic rings. The van der Waals surface area contributed by atoms with Crippen LogP contribution < -0.4 is 5.73 Å². The average molecular weight is 311 g/mol. The van der Waals surface area contributed by atoms with Crippen LogP contribution in [0.2, 0.25) is 0 Å². The van der Waals surface area contributed by atoms with Crippen molar-refractivity contribution in [1.82, 2.24) is 0 Å². The molecule has 0 bridgehead atoms. The van der Waals surface area contributed by atoms with Crippen molar-refractivity contribution in [1.29, 1.82) is 0 Å². The van der Waals surface area contributed by atoms with Crippen LogP contribution in [0.25, 0.3) is 0 Å². The summed E-state index contributed by atoms with van der Waals surface area (Å²) in [4.78, 5) is -0.155. The second kappa shape index (κ2) is 5.44. The third-order valence-electron chi connectivity index (χ3n) is 3.11. The Kier molecular flexibility index (Phi) is 4.00. The summed E-state index contributed by atoms with van der Waals surface area (Å²) < 4.78 is 52.8. The molecule has 0 unspecified atom stereocenters. The van der Waals surface area contributed by atoms with E-state index in [1.54, 1.807) is 13.0 Å². The van der Waals surface area contributed by atoms with E-state index in [0.29, 0.717) is 5.56 Å². The maximum atomic E-state index is 14.2. The van der Waals surface area contributed by atoms with Crippen molar-refractivity contribution in [3.63, 3.8) is 0 Å². The molecule has 2 aromatic rings. The number of alkyl halides is 2. The quantitative estimate of drug-likeness (QED) is 0.882. The number of anilines is 1. The van der Waals surface area contributed by atoms with Gasteiger partial charge in [-0.2, -0.15) is 0 Å². The van der Waals surface area contributed by atoms with E-state index in [1.807, 2.05) is 0 Å². The molecule has 6 heteroatoms. The normalized spacial score (nSPS) is 12.3. The van der Waals surface area contributed by atoms with Crippen LogP contribution in [0.1, 0.15) is 11.1 Å². The van der Waals surface area contributed by atoms with Crippen molar-refractivity contribution in [2.24, 2.45) is 0 Å². The highest BCUT2D eigenvalue weighted by Gasteiger charge is 2.38. The summed E-state index contributed by atoms with van der Waals surface area (Å²) in [7, 11) is -4.15. The van der Waals surface area contributed by atoms with Crippen molar-refractivity contribution >= 4 is 15.5 Å². The van der Waals surface area contributed by atoms with E-state index in [9.17, 15) is 17.2 Å². The fourth-order valence-electron chi connectivity index (χ4n) is 2.03. The van der Waals surface area contributed by atoms with Crippen LogP contribution in [0.4, 0.5) is 14.5 Å². The average Bonchev–Trinajstić information content (AvgIpc) is 2.41. The van der Waals surface area contributed by atoms with Crippen LogP contribution >= 0.6 is 0 Å². The fourth-order valence-corrected chi connectivity index (χ4v) is 3.71. The molecule has 3 nitrogen and oxygen atoms in total. The highest BCUT2D eigenvalue weighted by atomic mass is 32.2. The van der Waals surface area contributed by atoms with Crippen molar-refractivity contribution < 1.29 is 17.2 Å². The van der Waals surface area contributed by atoms with Crippen molar-refractivity contribution in [2.45, 2.75) is 17.7 Å². The van der Waals surface area contributed by atoms with E-state index in [4.69, 9.17) is 5.73 Å². The van der Waals surface area contributed by atoms with E-state index in [0.717, 1.165) is 0 Å². The van der Waals surface area contributed by atoms with Crippen LogP contribution in [0.15, 0.2) is 53.4 Å². The van der Waals surface area contributed by atoms with E-state index >= 15 is 0 Å². The van der Waals surface area contributed by atoms with E-state index in [-0.39, 0.29) is 16.1 Å². The molecule has 0 atom stereocenters. The maximum Gasteiger partial charge on any atom is 0.287 e. The molecule has 0 aromatic heterocycles. The third-order valence-corrected chi connectivity index (χ3v) is 4.97. The Hall–Kier alpha value is -1.95. The van der Waals surface area contributed by atoms with Crippen LogP contribution in [-0.4, -0.2) is 14.2 Å². The van der Waals surface area contributed by atoms with Gasteiger partial charge < -0.3 is 5.73 Å². The van der Waals surface area contributed by atoms with Crippen LogP contribution in [0, 0.1) is 6.92 Å². The van der Waals surface area contributed by atoms with Gasteiger partial charge in [-0.25, -0.2) is 17.2 Å². The number of aryl methyl sites for hydroxylation is 1. The van der Waals surface area contributed by atoms with Gasteiger partial charge in [0.2, 0.25) is 0 Å². The van der Waals surface area contributed by atoms with Crippen LogP contribution in [0.3, 0.4) is 0 Å². The zero-order valence-corrected chi connectivity index (χ0v) is 12.2. The minimum atomic E-state index is -4.15. The molecule has 2 aromatic carbocycles. The van der Waals surface area contributed by atoms with Crippen molar-refractivity contribution in [3.05, 3.63) is 59.7 Å². The van der Waals surface area contributed by atoms with Crippen LogP contribution in [0.5, 0.6) is 0 Å². The van der Waals surface area contributed by atoms with Gasteiger partial charge in [0.25, 0.3) is 5.92 Å². The van der Waals surface area contributed by atoms with Gasteiger partial charge in [-0.15, -0.1) is 0 Å². The first-order valence-corrected chi connectivity index (χ1v) is 7.90. The molecule has 0 saturated carbocycles. The summed E-state index contributed by atoms with van der Waals surface area (Å²) >= 11 is 0. The number of hydrogen-bond acceptors (Lipinski definition) is 3. The lowest BCUT2D eigenvalue weighted by Crippen LogP contribution is -2.26. The van der Waals surface area contributed by atoms with Gasteiger partial charge in [-0.05, 0) is 24.6 Å². The Morgan fingerprint density at radius 3 is 2.33 bits per heavy atom. The molecular formula is C15H15F2NO2S. The molecule has 21 heavy (non-hydrogen) atoms. The largest absolute Gasteiger partial charge is 0.399 e. The van der Waals surface area contributed by atoms with E-state index in [2.05, 4.69) is 0 Å². The van der Waals surface area contributed by atoms with Crippen molar-refractivity contribution in [3.8, 4) is 0 Å². The summed E-state index contributed by atoms with van der Waals surface area (Å²) in [5, 5.41) is 0. The predicted molar refractivity (Wildman–Crippen MR) is 78.0 cm³/mol. The Morgan fingerprint density at radius 1 is 1.10 bits per heavy atom. The summed E-state index contributed by atoms with van der Waals surface area (Å²) in [6, 6.07) is 11.2. The summed E-state index contributed by atoms with van der Waals surface area (Å²) in [6.45, 7) is 1.55. The lowest BCUT2D eigenvalue weighted by molar-refractivity contribution is 0.0213. The monoisotopic (exact) mass is 311 g/mol. The SMILES string of the molecule is Cc1ccc(N)cc1S(=O)(=O)CC(F)(F)c1ccccc1. The first-order chi connectivity index (χ1) is 9.72. The zero-order chi connectivity index (χ0) is 15.7. The molecular weight excluding hydrogens is 296 g/mol. The second-order valence-corrected chi connectivity index (χ2v) is 6.81. The Bertz CT molecular complexity index is 744. The van der Waals surface area contributed by atoms with Gasteiger partial charge in [0.1, 0.15) is 5.75 Å². The van der Waals surface area contributed by atoms with Gasteiger partial charge in [0, 0.05) is 11.3 Å². The Morgan fingerprint density at radius 2 is 1.71 bits per heavy atom. The van der Waals surface area contributed by atoms with E-state index in [1.165, 1.54) is 42.5 Å². The van der Waals surface area contributed by atoms with Crippen molar-refractivity contribution in [2.75, 3.05) is 11.5 Å². The van der Waals surface area contributed by atoms with Gasteiger partial charge in [-0.3, -0.25) is 0 Å². The predicted octanol–water partition coefficient (Wildman–Crippen LogP) is 3.14. The summed E-state index contributed by atoms with van der Waals surface area (Å²) in [6.07, 6.45) is 0. The second-order valence-electron chi connectivity index (χ2n) is 4.85.